The quantitative estimate of drug-likeness (QED) is 0.864. The van der Waals surface area contributed by atoms with Crippen molar-refractivity contribution in [3.63, 3.8) is 0 Å². The molecule has 0 saturated carbocycles. The average Bonchev–Trinajstić information content (AvgIpc) is 2.44. The Morgan fingerprint density at radius 2 is 1.85 bits per heavy atom. The molecule has 1 aliphatic heterocycles. The van der Waals surface area contributed by atoms with Gasteiger partial charge in [0, 0.05) is 44.2 Å². The maximum absolute atomic E-state index is 12.8. The van der Waals surface area contributed by atoms with Gasteiger partial charge in [-0.2, -0.15) is 11.8 Å². The lowest BCUT2D eigenvalue weighted by molar-refractivity contribution is 0.0921. The van der Waals surface area contributed by atoms with Crippen LogP contribution < -0.4 is 0 Å². The van der Waals surface area contributed by atoms with E-state index in [9.17, 15) is 9.50 Å². The summed E-state index contributed by atoms with van der Waals surface area (Å²) in [5.41, 5.74) is 1.10. The van der Waals surface area contributed by atoms with E-state index in [1.165, 1.54) is 12.1 Å². The molecule has 5 heteroatoms. The molecular formula is C15H23FN2OS. The number of hydrogen-bond acceptors (Lipinski definition) is 4. The van der Waals surface area contributed by atoms with Crippen molar-refractivity contribution >= 4 is 11.8 Å². The molecule has 1 saturated heterocycles. The number of thioether (sulfide) groups is 1. The first kappa shape index (κ1) is 15.8. The van der Waals surface area contributed by atoms with E-state index in [0.29, 0.717) is 0 Å². The molecule has 1 unspecified atom stereocenters. The number of piperazine rings is 1. The third kappa shape index (κ3) is 5.40. The van der Waals surface area contributed by atoms with Gasteiger partial charge in [-0.15, -0.1) is 0 Å². The highest BCUT2D eigenvalue weighted by Crippen LogP contribution is 2.14. The van der Waals surface area contributed by atoms with Crippen LogP contribution in [-0.2, 0) is 5.75 Å². The highest BCUT2D eigenvalue weighted by Gasteiger charge is 2.16. The van der Waals surface area contributed by atoms with E-state index in [-0.39, 0.29) is 11.9 Å². The molecule has 0 amide bonds. The second kappa shape index (κ2) is 7.98. The van der Waals surface area contributed by atoms with Crippen molar-refractivity contribution in [3.05, 3.63) is 35.6 Å². The maximum Gasteiger partial charge on any atom is 0.123 e. The van der Waals surface area contributed by atoms with E-state index in [1.54, 1.807) is 23.9 Å². The van der Waals surface area contributed by atoms with Crippen molar-refractivity contribution in [3.8, 4) is 0 Å². The second-order valence-electron chi connectivity index (χ2n) is 5.40. The van der Waals surface area contributed by atoms with Crippen LogP contribution in [0.25, 0.3) is 0 Å². The number of halogens is 1. The standard InChI is InChI=1S/C15H23FN2OS/c1-17-6-8-18(9-7-17)10-15(19)12-20-11-13-2-4-14(16)5-3-13/h2-5,15,19H,6-12H2,1H3. The molecule has 0 aromatic heterocycles. The summed E-state index contributed by atoms with van der Waals surface area (Å²) in [5, 5.41) is 10.1. The topological polar surface area (TPSA) is 26.7 Å². The van der Waals surface area contributed by atoms with Crippen LogP contribution >= 0.6 is 11.8 Å². The van der Waals surface area contributed by atoms with Crippen LogP contribution in [0.3, 0.4) is 0 Å². The number of likely N-dealkylation sites (N-methyl/N-ethyl adjacent to an activating group) is 1. The van der Waals surface area contributed by atoms with Crippen molar-refractivity contribution in [1.29, 1.82) is 0 Å². The van der Waals surface area contributed by atoms with Crippen LogP contribution in [-0.4, -0.2) is 66.5 Å². The van der Waals surface area contributed by atoms with Gasteiger partial charge in [0.1, 0.15) is 5.82 Å². The first-order valence-electron chi connectivity index (χ1n) is 7.04. The van der Waals surface area contributed by atoms with Crippen molar-refractivity contribution < 1.29 is 9.50 Å². The molecule has 0 radical (unpaired) electrons. The van der Waals surface area contributed by atoms with Crippen LogP contribution in [0.1, 0.15) is 5.56 Å². The summed E-state index contributed by atoms with van der Waals surface area (Å²) in [5.74, 6) is 1.35. The Morgan fingerprint density at radius 1 is 1.20 bits per heavy atom. The largest absolute Gasteiger partial charge is 0.391 e. The molecule has 1 aliphatic rings. The van der Waals surface area contributed by atoms with Gasteiger partial charge in [0.05, 0.1) is 6.10 Å². The molecule has 1 aromatic rings. The van der Waals surface area contributed by atoms with Crippen LogP contribution in [0.4, 0.5) is 4.39 Å². The van der Waals surface area contributed by atoms with Gasteiger partial charge in [-0.05, 0) is 24.7 Å². The molecule has 1 fully saturated rings. The second-order valence-corrected chi connectivity index (χ2v) is 6.43. The molecule has 0 spiro atoms. The molecule has 1 heterocycles. The van der Waals surface area contributed by atoms with Crippen LogP contribution in [0.5, 0.6) is 0 Å². The highest BCUT2D eigenvalue weighted by atomic mass is 32.2. The number of hydrogen-bond donors (Lipinski definition) is 1. The smallest absolute Gasteiger partial charge is 0.123 e. The molecule has 20 heavy (non-hydrogen) atoms. The monoisotopic (exact) mass is 298 g/mol. The first-order valence-corrected chi connectivity index (χ1v) is 8.20. The molecule has 1 N–H and O–H groups in total. The molecule has 0 aliphatic carbocycles. The number of β-amino-alcohol motifs (C(OH)–C–C–N with tert-alkyl or cyclic N) is 1. The van der Waals surface area contributed by atoms with Crippen LogP contribution in [0, 0.1) is 5.82 Å². The fraction of sp³-hybridized carbons (Fsp3) is 0.600. The average molecular weight is 298 g/mol. The molecule has 3 nitrogen and oxygen atoms in total. The molecule has 1 atom stereocenters. The van der Waals surface area contributed by atoms with E-state index >= 15 is 0 Å². The van der Waals surface area contributed by atoms with Crippen molar-refractivity contribution in [2.24, 2.45) is 0 Å². The van der Waals surface area contributed by atoms with Gasteiger partial charge in [-0.3, -0.25) is 4.90 Å². The molecule has 1 aromatic carbocycles. The zero-order chi connectivity index (χ0) is 14.4. The van der Waals surface area contributed by atoms with Gasteiger partial charge in [-0.25, -0.2) is 4.39 Å². The maximum atomic E-state index is 12.8. The van der Waals surface area contributed by atoms with E-state index in [2.05, 4.69) is 16.8 Å². The van der Waals surface area contributed by atoms with Crippen molar-refractivity contribution in [1.82, 2.24) is 9.80 Å². The lowest BCUT2D eigenvalue weighted by Crippen LogP contribution is -2.47. The minimum atomic E-state index is -0.288. The fourth-order valence-corrected chi connectivity index (χ4v) is 3.20. The van der Waals surface area contributed by atoms with Gasteiger partial charge in [0.25, 0.3) is 0 Å². The number of aliphatic hydroxyl groups is 1. The fourth-order valence-electron chi connectivity index (χ4n) is 2.27. The summed E-state index contributed by atoms with van der Waals surface area (Å²) in [7, 11) is 2.13. The lowest BCUT2D eigenvalue weighted by Gasteiger charge is -2.33. The lowest BCUT2D eigenvalue weighted by atomic mass is 10.2. The number of aliphatic hydroxyl groups excluding tert-OH is 1. The first-order chi connectivity index (χ1) is 9.63. The molecular weight excluding hydrogens is 275 g/mol. The Labute approximate surface area is 124 Å². The predicted molar refractivity (Wildman–Crippen MR) is 82.5 cm³/mol. The van der Waals surface area contributed by atoms with Crippen LogP contribution in [0.15, 0.2) is 24.3 Å². The Kier molecular flexibility index (Phi) is 6.29. The molecule has 0 bridgehead atoms. The summed E-state index contributed by atoms with van der Waals surface area (Å²) < 4.78 is 12.8. The number of rotatable bonds is 6. The Bertz CT molecular complexity index is 393. The Morgan fingerprint density at radius 3 is 2.50 bits per heavy atom. The van der Waals surface area contributed by atoms with E-state index in [0.717, 1.165) is 49.8 Å². The summed E-state index contributed by atoms with van der Waals surface area (Å²) in [4.78, 5) is 4.63. The third-order valence-electron chi connectivity index (χ3n) is 3.56. The van der Waals surface area contributed by atoms with Gasteiger partial charge in [0.15, 0.2) is 0 Å². The van der Waals surface area contributed by atoms with E-state index < -0.39 is 0 Å². The highest BCUT2D eigenvalue weighted by molar-refractivity contribution is 7.98. The van der Waals surface area contributed by atoms with Gasteiger partial charge < -0.3 is 10.0 Å². The Balaban J connectivity index is 1.62. The molecule has 112 valence electrons. The molecule has 2 rings (SSSR count). The predicted octanol–water partition coefficient (Wildman–Crippen LogP) is 1.67. The SMILES string of the molecule is CN1CCN(CC(O)CSCc2ccc(F)cc2)CC1. The zero-order valence-corrected chi connectivity index (χ0v) is 12.8. The number of nitrogens with zero attached hydrogens (tertiary/aromatic N) is 2. The minimum Gasteiger partial charge on any atom is -0.391 e. The van der Waals surface area contributed by atoms with E-state index in [4.69, 9.17) is 0 Å². The summed E-state index contributed by atoms with van der Waals surface area (Å²) in [6.45, 7) is 4.99. The normalized spacial score (nSPS) is 19.1. The van der Waals surface area contributed by atoms with Crippen molar-refractivity contribution in [2.45, 2.75) is 11.9 Å². The zero-order valence-electron chi connectivity index (χ0n) is 12.0. The number of benzene rings is 1. The Hall–Kier alpha value is -0.620. The summed E-state index contributed by atoms with van der Waals surface area (Å²) >= 11 is 1.70. The van der Waals surface area contributed by atoms with E-state index in [1.807, 2.05) is 0 Å². The third-order valence-corrected chi connectivity index (χ3v) is 4.72. The van der Waals surface area contributed by atoms with Gasteiger partial charge in [-0.1, -0.05) is 12.1 Å². The summed E-state index contributed by atoms with van der Waals surface area (Å²) in [6.07, 6.45) is -0.288. The summed E-state index contributed by atoms with van der Waals surface area (Å²) in [6, 6.07) is 6.57. The van der Waals surface area contributed by atoms with Gasteiger partial charge >= 0.3 is 0 Å². The van der Waals surface area contributed by atoms with Crippen LogP contribution in [0.2, 0.25) is 0 Å². The van der Waals surface area contributed by atoms with Gasteiger partial charge in [0.2, 0.25) is 0 Å². The minimum absolute atomic E-state index is 0.200. The van der Waals surface area contributed by atoms with Crippen molar-refractivity contribution in [2.75, 3.05) is 45.5 Å².